The van der Waals surface area contributed by atoms with Gasteiger partial charge in [-0.1, -0.05) is 26.0 Å². The molecule has 0 aliphatic rings. The smallest absolute Gasteiger partial charge is 0.262 e. The van der Waals surface area contributed by atoms with E-state index < -0.39 is 23.7 Å². The maximum Gasteiger partial charge on any atom is 0.262 e. The van der Waals surface area contributed by atoms with Gasteiger partial charge in [0, 0.05) is 10.5 Å². The Morgan fingerprint density at radius 3 is 2.26 bits per heavy atom. The predicted octanol–water partition coefficient (Wildman–Crippen LogP) is 3.45. The summed E-state index contributed by atoms with van der Waals surface area (Å²) < 4.78 is 13.0. The van der Waals surface area contributed by atoms with Crippen LogP contribution in [0.1, 0.15) is 29.8 Å². The summed E-state index contributed by atoms with van der Waals surface area (Å²) in [4.78, 5) is 25.8. The summed E-state index contributed by atoms with van der Waals surface area (Å²) in [6.07, 6.45) is 3.54. The molecule has 0 aliphatic heterocycles. The van der Waals surface area contributed by atoms with Crippen molar-refractivity contribution < 1.29 is 14.0 Å². The lowest BCUT2D eigenvalue weighted by Crippen LogP contribution is -2.48. The average Bonchev–Trinajstić information content (AvgIpc) is 2.66. The Labute approximate surface area is 162 Å². The van der Waals surface area contributed by atoms with Crippen molar-refractivity contribution in [3.05, 3.63) is 65.5 Å². The zero-order chi connectivity index (χ0) is 19.8. The lowest BCUT2D eigenvalue weighted by Gasteiger charge is -2.20. The Morgan fingerprint density at radius 2 is 1.70 bits per heavy atom. The van der Waals surface area contributed by atoms with Gasteiger partial charge in [0.15, 0.2) is 0 Å². The van der Waals surface area contributed by atoms with Crippen LogP contribution < -0.4 is 10.7 Å². The Morgan fingerprint density at radius 1 is 1.07 bits per heavy atom. The Hall–Kier alpha value is -2.67. The van der Waals surface area contributed by atoms with Crippen LogP contribution in [-0.4, -0.2) is 30.3 Å². The van der Waals surface area contributed by atoms with Crippen LogP contribution in [0.2, 0.25) is 0 Å². The van der Waals surface area contributed by atoms with Crippen molar-refractivity contribution >= 4 is 29.8 Å². The van der Waals surface area contributed by atoms with Crippen LogP contribution in [0.4, 0.5) is 4.39 Å². The van der Waals surface area contributed by atoms with E-state index in [9.17, 15) is 14.0 Å². The minimum absolute atomic E-state index is 0.148. The fraction of sp³-hybridized carbons (Fsp3) is 0.250. The normalized spacial score (nSPS) is 12.2. The molecule has 0 fully saturated rings. The van der Waals surface area contributed by atoms with Crippen molar-refractivity contribution in [3.8, 4) is 0 Å². The first-order valence-corrected chi connectivity index (χ1v) is 9.66. The second-order valence-corrected chi connectivity index (χ2v) is 7.09. The molecule has 2 amide bonds. The number of hydrogen-bond acceptors (Lipinski definition) is 4. The van der Waals surface area contributed by atoms with Crippen molar-refractivity contribution in [2.24, 2.45) is 11.0 Å². The molecule has 0 bridgehead atoms. The number of nitrogens with zero attached hydrogens (tertiary/aromatic N) is 1. The number of thioether (sulfide) groups is 1. The quantitative estimate of drug-likeness (QED) is 0.434. The van der Waals surface area contributed by atoms with Crippen molar-refractivity contribution in [1.82, 2.24) is 10.7 Å². The molecule has 0 aromatic heterocycles. The minimum Gasteiger partial charge on any atom is -0.340 e. The first-order valence-electron chi connectivity index (χ1n) is 8.44. The van der Waals surface area contributed by atoms with Gasteiger partial charge in [-0.05, 0) is 54.1 Å². The summed E-state index contributed by atoms with van der Waals surface area (Å²) in [5.41, 5.74) is 3.59. The molecule has 0 aliphatic carbocycles. The van der Waals surface area contributed by atoms with Gasteiger partial charge in [0.1, 0.15) is 11.9 Å². The highest BCUT2D eigenvalue weighted by molar-refractivity contribution is 7.98. The molecule has 2 aromatic rings. The van der Waals surface area contributed by atoms with Crippen molar-refractivity contribution in [3.63, 3.8) is 0 Å². The SMILES string of the molecule is CSc1ccc(C=NNC(=O)C(NC(=O)c2ccc(F)cc2)C(C)C)cc1. The summed E-state index contributed by atoms with van der Waals surface area (Å²) in [7, 11) is 0. The fourth-order valence-corrected chi connectivity index (χ4v) is 2.70. The van der Waals surface area contributed by atoms with E-state index in [-0.39, 0.29) is 11.5 Å². The van der Waals surface area contributed by atoms with E-state index in [1.165, 1.54) is 24.3 Å². The molecule has 142 valence electrons. The first-order chi connectivity index (χ1) is 12.9. The summed E-state index contributed by atoms with van der Waals surface area (Å²) in [5, 5.41) is 6.63. The van der Waals surface area contributed by atoms with Crippen molar-refractivity contribution in [2.75, 3.05) is 6.26 Å². The molecule has 2 N–H and O–H groups in total. The van der Waals surface area contributed by atoms with Crippen LogP contribution in [0.25, 0.3) is 0 Å². The molecular formula is C20H22FN3O2S. The third kappa shape index (κ3) is 6.21. The van der Waals surface area contributed by atoms with Gasteiger partial charge in [0.25, 0.3) is 11.8 Å². The number of hydrogen-bond donors (Lipinski definition) is 2. The van der Waals surface area contributed by atoms with E-state index >= 15 is 0 Å². The monoisotopic (exact) mass is 387 g/mol. The standard InChI is InChI=1S/C20H22FN3O2S/c1-13(2)18(23-19(25)15-6-8-16(21)9-7-15)20(26)24-22-12-14-4-10-17(27-3)11-5-14/h4-13,18H,1-3H3,(H,23,25)(H,24,26). The van der Waals surface area contributed by atoms with Crippen LogP contribution in [0.3, 0.4) is 0 Å². The maximum absolute atomic E-state index is 13.0. The lowest BCUT2D eigenvalue weighted by molar-refractivity contribution is -0.123. The van der Waals surface area contributed by atoms with E-state index in [4.69, 9.17) is 0 Å². The van der Waals surface area contributed by atoms with E-state index in [0.29, 0.717) is 0 Å². The van der Waals surface area contributed by atoms with Gasteiger partial charge >= 0.3 is 0 Å². The van der Waals surface area contributed by atoms with E-state index in [0.717, 1.165) is 10.5 Å². The molecule has 1 unspecified atom stereocenters. The number of benzene rings is 2. The maximum atomic E-state index is 13.0. The van der Waals surface area contributed by atoms with Crippen molar-refractivity contribution in [2.45, 2.75) is 24.8 Å². The highest BCUT2D eigenvalue weighted by atomic mass is 32.2. The molecule has 1 atom stereocenters. The molecule has 0 saturated heterocycles. The second kappa shape index (κ2) is 9.87. The van der Waals surface area contributed by atoms with Crippen LogP contribution in [0.5, 0.6) is 0 Å². The molecule has 7 heteroatoms. The van der Waals surface area contributed by atoms with Gasteiger partial charge < -0.3 is 5.32 Å². The molecule has 5 nitrogen and oxygen atoms in total. The number of amides is 2. The first kappa shape index (κ1) is 20.6. The Bertz CT molecular complexity index is 805. The van der Waals surface area contributed by atoms with Gasteiger partial charge in [-0.2, -0.15) is 5.10 Å². The number of halogens is 1. The molecule has 27 heavy (non-hydrogen) atoms. The van der Waals surface area contributed by atoms with Crippen LogP contribution in [-0.2, 0) is 4.79 Å². The van der Waals surface area contributed by atoms with Gasteiger partial charge in [0.2, 0.25) is 0 Å². The number of nitrogens with one attached hydrogen (secondary N) is 2. The summed E-state index contributed by atoms with van der Waals surface area (Å²) in [6.45, 7) is 3.64. The lowest BCUT2D eigenvalue weighted by atomic mass is 10.0. The fourth-order valence-electron chi connectivity index (χ4n) is 2.29. The largest absolute Gasteiger partial charge is 0.340 e. The van der Waals surface area contributed by atoms with Gasteiger partial charge in [-0.15, -0.1) is 11.8 Å². The number of carbonyl (C=O) groups is 2. The molecule has 0 radical (unpaired) electrons. The summed E-state index contributed by atoms with van der Waals surface area (Å²) in [6, 6.07) is 12.1. The van der Waals surface area contributed by atoms with Gasteiger partial charge in [-0.3, -0.25) is 9.59 Å². The number of hydrazone groups is 1. The summed E-state index contributed by atoms with van der Waals surface area (Å²) in [5.74, 6) is -1.44. The number of carbonyl (C=O) groups excluding carboxylic acids is 2. The molecular weight excluding hydrogens is 365 g/mol. The molecule has 0 saturated carbocycles. The van der Waals surface area contributed by atoms with E-state index in [1.54, 1.807) is 18.0 Å². The minimum atomic E-state index is -0.765. The molecule has 0 heterocycles. The van der Waals surface area contributed by atoms with Gasteiger partial charge in [0.05, 0.1) is 6.21 Å². The Kier molecular flexibility index (Phi) is 7.55. The van der Waals surface area contributed by atoms with Crippen LogP contribution in [0.15, 0.2) is 58.5 Å². The molecule has 0 spiro atoms. The third-order valence-corrected chi connectivity index (χ3v) is 4.59. The zero-order valence-electron chi connectivity index (χ0n) is 15.4. The third-order valence-electron chi connectivity index (χ3n) is 3.85. The van der Waals surface area contributed by atoms with Crippen molar-refractivity contribution in [1.29, 1.82) is 0 Å². The topological polar surface area (TPSA) is 70.6 Å². The van der Waals surface area contributed by atoms with Gasteiger partial charge in [-0.25, -0.2) is 9.82 Å². The molecule has 2 rings (SSSR count). The summed E-state index contributed by atoms with van der Waals surface area (Å²) >= 11 is 1.64. The van der Waals surface area contributed by atoms with Crippen LogP contribution in [0, 0.1) is 11.7 Å². The van der Waals surface area contributed by atoms with E-state index in [1.807, 2.05) is 44.4 Å². The second-order valence-electron chi connectivity index (χ2n) is 6.21. The predicted molar refractivity (Wildman–Crippen MR) is 106 cm³/mol. The average molecular weight is 387 g/mol. The number of rotatable bonds is 7. The zero-order valence-corrected chi connectivity index (χ0v) is 16.2. The molecule has 2 aromatic carbocycles. The Balaban J connectivity index is 1.98. The van der Waals surface area contributed by atoms with Crippen LogP contribution >= 0.6 is 11.8 Å². The highest BCUT2D eigenvalue weighted by Crippen LogP contribution is 2.14. The highest BCUT2D eigenvalue weighted by Gasteiger charge is 2.24. The van der Waals surface area contributed by atoms with E-state index in [2.05, 4.69) is 15.8 Å².